The molecule has 0 saturated carbocycles. The standard InChI is InChI=1S/C8H3ClF2N2O3/c9-6-1-4(16-8(10)11)2-7(13(14)15)5(6)3-12/h1-2,8H. The molecule has 0 spiro atoms. The number of rotatable bonds is 3. The Balaban J connectivity index is 3.29. The van der Waals surface area contributed by atoms with Crippen LogP contribution in [0.3, 0.4) is 0 Å². The Morgan fingerprint density at radius 1 is 1.56 bits per heavy atom. The summed E-state index contributed by atoms with van der Waals surface area (Å²) >= 11 is 5.51. The van der Waals surface area contributed by atoms with E-state index in [1.165, 1.54) is 6.07 Å². The zero-order chi connectivity index (χ0) is 12.3. The molecular weight excluding hydrogens is 246 g/mol. The molecule has 0 aliphatic rings. The van der Waals surface area contributed by atoms with Crippen LogP contribution in [0.4, 0.5) is 14.5 Å². The number of ether oxygens (including phenoxy) is 1. The van der Waals surface area contributed by atoms with Gasteiger partial charge in [-0.1, -0.05) is 11.6 Å². The van der Waals surface area contributed by atoms with Gasteiger partial charge in [-0.15, -0.1) is 0 Å². The summed E-state index contributed by atoms with van der Waals surface area (Å²) in [5.41, 5.74) is -1.07. The molecule has 16 heavy (non-hydrogen) atoms. The lowest BCUT2D eigenvalue weighted by atomic mass is 10.2. The van der Waals surface area contributed by atoms with Crippen molar-refractivity contribution in [3.8, 4) is 11.8 Å². The van der Waals surface area contributed by atoms with E-state index in [0.717, 1.165) is 12.1 Å². The summed E-state index contributed by atoms with van der Waals surface area (Å²) in [6.07, 6.45) is 0. The molecule has 0 atom stereocenters. The van der Waals surface area contributed by atoms with Gasteiger partial charge in [0.2, 0.25) is 0 Å². The van der Waals surface area contributed by atoms with Crippen molar-refractivity contribution in [3.05, 3.63) is 32.8 Å². The van der Waals surface area contributed by atoms with E-state index < -0.39 is 28.5 Å². The molecule has 8 heteroatoms. The molecule has 0 amide bonds. The fourth-order valence-corrected chi connectivity index (χ4v) is 1.24. The summed E-state index contributed by atoms with van der Waals surface area (Å²) in [7, 11) is 0. The second kappa shape index (κ2) is 4.72. The number of halogens is 3. The molecule has 0 saturated heterocycles. The van der Waals surface area contributed by atoms with Gasteiger partial charge in [0, 0.05) is 6.07 Å². The molecule has 84 valence electrons. The topological polar surface area (TPSA) is 76.2 Å². The summed E-state index contributed by atoms with van der Waals surface area (Å²) in [4.78, 5) is 9.62. The molecular formula is C8H3ClF2N2O3. The van der Waals surface area contributed by atoms with Crippen LogP contribution >= 0.6 is 11.6 Å². The molecule has 0 radical (unpaired) electrons. The highest BCUT2D eigenvalue weighted by Gasteiger charge is 2.20. The first kappa shape index (κ1) is 12.1. The van der Waals surface area contributed by atoms with Crippen LogP contribution in [-0.4, -0.2) is 11.5 Å². The summed E-state index contributed by atoms with van der Waals surface area (Å²) < 4.78 is 27.7. The Hall–Kier alpha value is -1.94. The van der Waals surface area contributed by atoms with Crippen molar-refractivity contribution in [3.63, 3.8) is 0 Å². The van der Waals surface area contributed by atoms with E-state index in [9.17, 15) is 18.9 Å². The van der Waals surface area contributed by atoms with E-state index in [-0.39, 0.29) is 5.02 Å². The summed E-state index contributed by atoms with van der Waals surface area (Å²) in [6.45, 7) is -3.12. The number of hydrogen-bond donors (Lipinski definition) is 0. The first-order valence-electron chi connectivity index (χ1n) is 3.78. The van der Waals surface area contributed by atoms with Crippen LogP contribution in [-0.2, 0) is 0 Å². The Labute approximate surface area is 93.0 Å². The monoisotopic (exact) mass is 248 g/mol. The maximum absolute atomic E-state index is 11.9. The van der Waals surface area contributed by atoms with E-state index >= 15 is 0 Å². The molecule has 0 unspecified atom stereocenters. The first-order valence-corrected chi connectivity index (χ1v) is 4.16. The van der Waals surface area contributed by atoms with Gasteiger partial charge in [-0.25, -0.2) is 0 Å². The van der Waals surface area contributed by atoms with E-state index in [1.807, 2.05) is 0 Å². The van der Waals surface area contributed by atoms with Crippen LogP contribution in [0, 0.1) is 21.4 Å². The highest BCUT2D eigenvalue weighted by atomic mass is 35.5. The zero-order valence-corrected chi connectivity index (χ0v) is 8.24. The lowest BCUT2D eigenvalue weighted by molar-refractivity contribution is -0.385. The largest absolute Gasteiger partial charge is 0.435 e. The van der Waals surface area contributed by atoms with Gasteiger partial charge < -0.3 is 4.74 Å². The van der Waals surface area contributed by atoms with Crippen molar-refractivity contribution in [1.29, 1.82) is 5.26 Å². The third kappa shape index (κ3) is 2.55. The Bertz CT molecular complexity index is 473. The van der Waals surface area contributed by atoms with Gasteiger partial charge in [-0.05, 0) is 0 Å². The zero-order valence-electron chi connectivity index (χ0n) is 7.49. The van der Waals surface area contributed by atoms with Crippen molar-refractivity contribution < 1.29 is 18.4 Å². The number of nitro benzene ring substituents is 1. The van der Waals surface area contributed by atoms with Gasteiger partial charge in [-0.3, -0.25) is 10.1 Å². The fourth-order valence-electron chi connectivity index (χ4n) is 0.994. The van der Waals surface area contributed by atoms with Gasteiger partial charge in [0.15, 0.2) is 0 Å². The average molecular weight is 249 g/mol. The lowest BCUT2D eigenvalue weighted by Crippen LogP contribution is -2.03. The van der Waals surface area contributed by atoms with Crippen molar-refractivity contribution in [1.82, 2.24) is 0 Å². The normalized spacial score (nSPS) is 9.94. The predicted molar refractivity (Wildman–Crippen MR) is 49.5 cm³/mol. The van der Waals surface area contributed by atoms with Crippen LogP contribution in [0.5, 0.6) is 5.75 Å². The van der Waals surface area contributed by atoms with Crippen LogP contribution in [0.1, 0.15) is 5.56 Å². The van der Waals surface area contributed by atoms with E-state index in [0.29, 0.717) is 0 Å². The number of hydrogen-bond acceptors (Lipinski definition) is 4. The molecule has 1 aromatic rings. The third-order valence-corrected chi connectivity index (χ3v) is 1.87. The predicted octanol–water partition coefficient (Wildman–Crippen LogP) is 2.72. The first-order chi connectivity index (χ1) is 7.45. The third-order valence-electron chi connectivity index (χ3n) is 1.58. The number of benzene rings is 1. The Morgan fingerprint density at radius 2 is 2.19 bits per heavy atom. The number of nitriles is 1. The van der Waals surface area contributed by atoms with E-state index in [2.05, 4.69) is 4.74 Å². The van der Waals surface area contributed by atoms with Gasteiger partial charge >= 0.3 is 6.61 Å². The van der Waals surface area contributed by atoms with Crippen LogP contribution in [0.15, 0.2) is 12.1 Å². The summed E-state index contributed by atoms with van der Waals surface area (Å²) in [5, 5.41) is 18.8. The van der Waals surface area contributed by atoms with Crippen molar-refractivity contribution in [2.45, 2.75) is 6.61 Å². The van der Waals surface area contributed by atoms with E-state index in [4.69, 9.17) is 16.9 Å². The van der Waals surface area contributed by atoms with Crippen molar-refractivity contribution in [2.75, 3.05) is 0 Å². The Morgan fingerprint density at radius 3 is 2.62 bits per heavy atom. The van der Waals surface area contributed by atoms with E-state index in [1.54, 1.807) is 0 Å². The molecule has 0 N–H and O–H groups in total. The molecule has 0 bridgehead atoms. The van der Waals surface area contributed by atoms with Crippen LogP contribution in [0.25, 0.3) is 0 Å². The molecule has 0 aliphatic heterocycles. The molecule has 1 rings (SSSR count). The van der Waals surface area contributed by atoms with Gasteiger partial charge in [-0.2, -0.15) is 14.0 Å². The highest BCUT2D eigenvalue weighted by Crippen LogP contribution is 2.31. The van der Waals surface area contributed by atoms with Crippen molar-refractivity contribution >= 4 is 17.3 Å². The SMILES string of the molecule is N#Cc1c(Cl)cc(OC(F)F)cc1[N+](=O)[O-]. The molecule has 0 aromatic heterocycles. The smallest absolute Gasteiger partial charge is 0.387 e. The minimum absolute atomic E-state index is 0.313. The van der Waals surface area contributed by atoms with Crippen molar-refractivity contribution in [2.24, 2.45) is 0 Å². The minimum atomic E-state index is -3.12. The molecule has 5 nitrogen and oxygen atoms in total. The molecule has 1 aromatic carbocycles. The maximum Gasteiger partial charge on any atom is 0.387 e. The molecule has 0 heterocycles. The van der Waals surface area contributed by atoms with Gasteiger partial charge in [0.05, 0.1) is 16.0 Å². The highest BCUT2D eigenvalue weighted by molar-refractivity contribution is 6.32. The Kier molecular flexibility index (Phi) is 3.58. The number of nitrogens with zero attached hydrogens (tertiary/aromatic N) is 2. The van der Waals surface area contributed by atoms with Gasteiger partial charge in [0.25, 0.3) is 5.69 Å². The second-order valence-electron chi connectivity index (χ2n) is 2.55. The fraction of sp³-hybridized carbons (Fsp3) is 0.125. The molecule has 0 fully saturated rings. The second-order valence-corrected chi connectivity index (χ2v) is 2.95. The average Bonchev–Trinajstić information content (AvgIpc) is 2.15. The summed E-state index contributed by atoms with van der Waals surface area (Å²) in [6, 6.07) is 3.14. The number of alkyl halides is 2. The maximum atomic E-state index is 11.9. The van der Waals surface area contributed by atoms with Crippen LogP contribution < -0.4 is 4.74 Å². The lowest BCUT2D eigenvalue weighted by Gasteiger charge is -2.05. The van der Waals surface area contributed by atoms with Crippen LogP contribution in [0.2, 0.25) is 5.02 Å². The molecule has 0 aliphatic carbocycles. The summed E-state index contributed by atoms with van der Waals surface area (Å²) in [5.74, 6) is -0.467. The quantitative estimate of drug-likeness (QED) is 0.609. The number of nitro groups is 1. The van der Waals surface area contributed by atoms with Gasteiger partial charge in [0.1, 0.15) is 17.4 Å². The minimum Gasteiger partial charge on any atom is -0.435 e.